The van der Waals surface area contributed by atoms with Crippen LogP contribution in [0.15, 0.2) is 24.3 Å². The summed E-state index contributed by atoms with van der Waals surface area (Å²) in [5.41, 5.74) is 2.15. The number of aromatic amines is 1. The van der Waals surface area contributed by atoms with E-state index in [4.69, 9.17) is 9.72 Å². The van der Waals surface area contributed by atoms with E-state index in [9.17, 15) is 4.79 Å². The molecule has 2 aliphatic rings. The monoisotopic (exact) mass is 399 g/mol. The molecule has 4 rings (SSSR count). The number of amides is 1. The van der Waals surface area contributed by atoms with E-state index in [1.165, 1.54) is 0 Å². The number of imidazole rings is 1. The third-order valence-corrected chi connectivity index (χ3v) is 6.31. The lowest BCUT2D eigenvalue weighted by atomic mass is 9.93. The zero-order chi connectivity index (χ0) is 20.1. The van der Waals surface area contributed by atoms with Crippen molar-refractivity contribution in [3.63, 3.8) is 0 Å². The van der Waals surface area contributed by atoms with Gasteiger partial charge >= 0.3 is 0 Å². The van der Waals surface area contributed by atoms with Gasteiger partial charge in [-0.1, -0.05) is 12.1 Å². The highest BCUT2D eigenvalue weighted by molar-refractivity contribution is 5.79. The van der Waals surface area contributed by atoms with Gasteiger partial charge in [0.05, 0.1) is 30.1 Å². The molecule has 1 amide bonds. The molecule has 1 atom stereocenters. The van der Waals surface area contributed by atoms with Crippen LogP contribution in [0.5, 0.6) is 0 Å². The number of rotatable bonds is 7. The Labute approximate surface area is 172 Å². The fourth-order valence-electron chi connectivity index (χ4n) is 4.71. The van der Waals surface area contributed by atoms with Crippen molar-refractivity contribution in [2.24, 2.45) is 5.92 Å². The molecule has 0 aliphatic carbocycles. The topological polar surface area (TPSA) is 73.5 Å². The SMILES string of the molecule is COCCNC(=O)[C@H]1CCCN(C2CCN(Cc3nc4ccccc4[nH]3)CC2)C1. The lowest BCUT2D eigenvalue weighted by molar-refractivity contribution is -0.127. The Kier molecular flexibility index (Phi) is 6.79. The largest absolute Gasteiger partial charge is 0.383 e. The molecule has 0 radical (unpaired) electrons. The Hall–Kier alpha value is -1.96. The van der Waals surface area contributed by atoms with Gasteiger partial charge in [-0.25, -0.2) is 4.98 Å². The van der Waals surface area contributed by atoms with Crippen molar-refractivity contribution >= 4 is 16.9 Å². The molecule has 29 heavy (non-hydrogen) atoms. The molecule has 7 heteroatoms. The number of para-hydroxylation sites is 2. The number of hydrogen-bond donors (Lipinski definition) is 2. The summed E-state index contributed by atoms with van der Waals surface area (Å²) in [6, 6.07) is 8.80. The minimum Gasteiger partial charge on any atom is -0.383 e. The van der Waals surface area contributed by atoms with Crippen molar-refractivity contribution in [2.75, 3.05) is 46.4 Å². The molecule has 2 aromatic rings. The number of benzene rings is 1. The number of aromatic nitrogens is 2. The van der Waals surface area contributed by atoms with Crippen molar-refractivity contribution in [2.45, 2.75) is 38.3 Å². The number of nitrogens with zero attached hydrogens (tertiary/aromatic N) is 3. The zero-order valence-corrected chi connectivity index (χ0v) is 17.4. The minimum absolute atomic E-state index is 0.120. The molecule has 0 bridgehead atoms. The van der Waals surface area contributed by atoms with Crippen LogP contribution >= 0.6 is 0 Å². The first kappa shape index (κ1) is 20.3. The molecule has 2 N–H and O–H groups in total. The highest BCUT2D eigenvalue weighted by Gasteiger charge is 2.31. The van der Waals surface area contributed by atoms with Crippen LogP contribution in [0.2, 0.25) is 0 Å². The Morgan fingerprint density at radius 3 is 2.86 bits per heavy atom. The predicted molar refractivity (Wildman–Crippen MR) is 114 cm³/mol. The number of hydrogen-bond acceptors (Lipinski definition) is 5. The summed E-state index contributed by atoms with van der Waals surface area (Å²) in [4.78, 5) is 25.6. The Balaban J connectivity index is 1.25. The van der Waals surface area contributed by atoms with Gasteiger partial charge in [0.2, 0.25) is 5.91 Å². The highest BCUT2D eigenvalue weighted by Crippen LogP contribution is 2.24. The molecule has 7 nitrogen and oxygen atoms in total. The molecule has 2 fully saturated rings. The quantitative estimate of drug-likeness (QED) is 0.697. The van der Waals surface area contributed by atoms with E-state index in [-0.39, 0.29) is 11.8 Å². The standard InChI is InChI=1S/C22H33N5O2/c1-29-14-10-23-22(28)17-5-4-11-27(15-17)18-8-12-26(13-9-18)16-21-24-19-6-2-3-7-20(19)25-21/h2-3,6-7,17-18H,4-5,8-16H2,1H3,(H,23,28)(H,24,25)/t17-/m0/s1. The third-order valence-electron chi connectivity index (χ3n) is 6.31. The van der Waals surface area contributed by atoms with Crippen molar-refractivity contribution < 1.29 is 9.53 Å². The van der Waals surface area contributed by atoms with Crippen LogP contribution in [-0.2, 0) is 16.1 Å². The highest BCUT2D eigenvalue weighted by atomic mass is 16.5. The number of nitrogens with one attached hydrogen (secondary N) is 2. The van der Waals surface area contributed by atoms with Gasteiger partial charge in [-0.15, -0.1) is 0 Å². The number of piperidine rings is 2. The summed E-state index contributed by atoms with van der Waals surface area (Å²) in [6.45, 7) is 6.25. The number of methoxy groups -OCH3 is 1. The first-order valence-electron chi connectivity index (χ1n) is 10.9. The van der Waals surface area contributed by atoms with Gasteiger partial charge in [0, 0.05) is 39.3 Å². The van der Waals surface area contributed by atoms with Gasteiger partial charge < -0.3 is 15.0 Å². The Bertz CT molecular complexity index is 766. The molecule has 2 saturated heterocycles. The third kappa shape index (κ3) is 5.15. The van der Waals surface area contributed by atoms with Crippen molar-refractivity contribution in [3.05, 3.63) is 30.1 Å². The molecule has 2 aliphatic heterocycles. The fourth-order valence-corrected chi connectivity index (χ4v) is 4.71. The van der Waals surface area contributed by atoms with E-state index in [2.05, 4.69) is 32.2 Å². The number of ether oxygens (including phenoxy) is 1. The summed E-state index contributed by atoms with van der Waals surface area (Å²) < 4.78 is 5.03. The van der Waals surface area contributed by atoms with E-state index in [0.29, 0.717) is 19.2 Å². The maximum Gasteiger partial charge on any atom is 0.224 e. The van der Waals surface area contributed by atoms with Crippen LogP contribution in [0.1, 0.15) is 31.5 Å². The van der Waals surface area contributed by atoms with Gasteiger partial charge in [0.25, 0.3) is 0 Å². The Morgan fingerprint density at radius 1 is 1.24 bits per heavy atom. The van der Waals surface area contributed by atoms with Gasteiger partial charge in [0.15, 0.2) is 0 Å². The summed E-state index contributed by atoms with van der Waals surface area (Å²) >= 11 is 0. The number of likely N-dealkylation sites (tertiary alicyclic amines) is 2. The smallest absolute Gasteiger partial charge is 0.224 e. The van der Waals surface area contributed by atoms with E-state index in [1.807, 2.05) is 12.1 Å². The number of carbonyl (C=O) groups excluding carboxylic acids is 1. The number of carbonyl (C=O) groups is 1. The van der Waals surface area contributed by atoms with Gasteiger partial charge in [-0.05, 0) is 44.4 Å². The molecule has 3 heterocycles. The summed E-state index contributed by atoms with van der Waals surface area (Å²) in [6.07, 6.45) is 4.44. The molecular formula is C22H33N5O2. The van der Waals surface area contributed by atoms with Crippen LogP contribution in [0, 0.1) is 5.92 Å². The maximum absolute atomic E-state index is 12.4. The van der Waals surface area contributed by atoms with Crippen LogP contribution in [0.25, 0.3) is 11.0 Å². The summed E-state index contributed by atoms with van der Waals surface area (Å²) in [7, 11) is 1.66. The van der Waals surface area contributed by atoms with E-state index < -0.39 is 0 Å². The first-order chi connectivity index (χ1) is 14.2. The van der Waals surface area contributed by atoms with E-state index in [1.54, 1.807) is 7.11 Å². The van der Waals surface area contributed by atoms with Crippen molar-refractivity contribution in [1.29, 1.82) is 0 Å². The van der Waals surface area contributed by atoms with Gasteiger partial charge in [0.1, 0.15) is 5.82 Å². The number of fused-ring (bicyclic) bond motifs is 1. The average Bonchev–Trinajstić information content (AvgIpc) is 3.17. The van der Waals surface area contributed by atoms with Crippen LogP contribution in [-0.4, -0.2) is 78.2 Å². The normalized spacial score (nSPS) is 22.2. The zero-order valence-electron chi connectivity index (χ0n) is 17.4. The Morgan fingerprint density at radius 2 is 2.07 bits per heavy atom. The van der Waals surface area contributed by atoms with Crippen molar-refractivity contribution in [1.82, 2.24) is 25.1 Å². The predicted octanol–water partition coefficient (Wildman–Crippen LogP) is 2.00. The lowest BCUT2D eigenvalue weighted by Gasteiger charge is -2.41. The second-order valence-electron chi connectivity index (χ2n) is 8.33. The molecule has 1 aromatic heterocycles. The maximum atomic E-state index is 12.4. The van der Waals surface area contributed by atoms with Gasteiger partial charge in [-0.2, -0.15) is 0 Å². The van der Waals surface area contributed by atoms with E-state index in [0.717, 1.165) is 75.3 Å². The van der Waals surface area contributed by atoms with Crippen LogP contribution < -0.4 is 5.32 Å². The molecule has 0 spiro atoms. The molecule has 0 unspecified atom stereocenters. The molecule has 158 valence electrons. The van der Waals surface area contributed by atoms with Crippen LogP contribution in [0.4, 0.5) is 0 Å². The fraction of sp³-hybridized carbons (Fsp3) is 0.636. The summed E-state index contributed by atoms with van der Waals surface area (Å²) in [5, 5.41) is 3.01. The minimum atomic E-state index is 0.120. The molecule has 1 aromatic carbocycles. The lowest BCUT2D eigenvalue weighted by Crippen LogP contribution is -2.50. The van der Waals surface area contributed by atoms with E-state index >= 15 is 0 Å². The second kappa shape index (κ2) is 9.69. The molecule has 0 saturated carbocycles. The molecular weight excluding hydrogens is 366 g/mol. The second-order valence-corrected chi connectivity index (χ2v) is 8.33. The first-order valence-corrected chi connectivity index (χ1v) is 10.9. The average molecular weight is 400 g/mol. The van der Waals surface area contributed by atoms with Crippen LogP contribution in [0.3, 0.4) is 0 Å². The van der Waals surface area contributed by atoms with Crippen molar-refractivity contribution in [3.8, 4) is 0 Å². The van der Waals surface area contributed by atoms with Gasteiger partial charge in [-0.3, -0.25) is 14.6 Å². The number of H-pyrrole nitrogens is 1. The summed E-state index contributed by atoms with van der Waals surface area (Å²) in [5.74, 6) is 1.36.